The zero-order valence-corrected chi connectivity index (χ0v) is 10.8. The van der Waals surface area contributed by atoms with Crippen molar-refractivity contribution in [1.29, 1.82) is 0 Å². The average Bonchev–Trinajstić information content (AvgIpc) is 2.33. The summed E-state index contributed by atoms with van der Waals surface area (Å²) < 4.78 is 0. The van der Waals surface area contributed by atoms with Gasteiger partial charge >= 0.3 is 37.7 Å². The van der Waals surface area contributed by atoms with Gasteiger partial charge in [0.25, 0.3) is 0 Å². The van der Waals surface area contributed by atoms with E-state index in [9.17, 15) is 0 Å². The summed E-state index contributed by atoms with van der Waals surface area (Å²) in [6, 6.07) is 16.6. The van der Waals surface area contributed by atoms with E-state index in [4.69, 9.17) is 0 Å². The van der Waals surface area contributed by atoms with Crippen LogP contribution in [0.2, 0.25) is 0 Å². The quantitative estimate of drug-likeness (QED) is 0.294. The first-order valence-electron chi connectivity index (χ1n) is 5.30. The fraction of sp³-hybridized carbons (Fsp3) is 0. The minimum absolute atomic E-state index is 0. The van der Waals surface area contributed by atoms with Crippen LogP contribution in [-0.4, -0.2) is 0 Å². The van der Waals surface area contributed by atoms with Crippen LogP contribution >= 0.6 is 0 Å². The van der Waals surface area contributed by atoms with Crippen LogP contribution in [0.3, 0.4) is 0 Å². The third-order valence-corrected chi connectivity index (χ3v) is 2.63. The maximum Gasteiger partial charge on any atom is 1.00 e. The van der Waals surface area contributed by atoms with E-state index in [2.05, 4.69) is 60.7 Å². The van der Waals surface area contributed by atoms with Gasteiger partial charge in [-0.3, -0.25) is 0 Å². The molecule has 0 amide bonds. The maximum absolute atomic E-state index is 3.27. The molecule has 0 aliphatic heterocycles. The first-order chi connectivity index (χ1) is 7.90. The number of benzene rings is 2. The van der Waals surface area contributed by atoms with Crippen molar-refractivity contribution in [3.05, 3.63) is 82.9 Å². The van der Waals surface area contributed by atoms with Gasteiger partial charge in [0.2, 0.25) is 0 Å². The minimum Gasteiger partial charge on any atom is -0.151 e. The standard InChI is InChI=1S/C16H10.2Li/c1-2-14-4-3-13(1)9-10-15-5-7-16(8-6-15)12-11-14;;/h1-9,12H;;/q-2;2*+1. The number of hydrogen-bond donors (Lipinski definition) is 0. The normalized spacial score (nSPS) is 11.1. The summed E-state index contributed by atoms with van der Waals surface area (Å²) in [7, 11) is 0. The van der Waals surface area contributed by atoms with Crippen molar-refractivity contribution >= 4 is 12.2 Å². The molecule has 0 spiro atoms. The summed E-state index contributed by atoms with van der Waals surface area (Å²) in [5, 5.41) is 0. The molecule has 2 aromatic rings. The Balaban J connectivity index is 0.000000810. The smallest absolute Gasteiger partial charge is 0.151 e. The first-order valence-corrected chi connectivity index (χ1v) is 5.30. The van der Waals surface area contributed by atoms with Crippen LogP contribution in [0.1, 0.15) is 22.3 Å². The van der Waals surface area contributed by atoms with Gasteiger partial charge in [-0.15, -0.1) is 84.0 Å². The van der Waals surface area contributed by atoms with Gasteiger partial charge in [-0.25, -0.2) is 0 Å². The SMILES string of the molecule is [C-]1=Cc2ccc(cc2)[C-]=Cc2ccc1cc2.[Li+].[Li+]. The summed E-state index contributed by atoms with van der Waals surface area (Å²) in [4.78, 5) is 0. The molecule has 0 aromatic heterocycles. The van der Waals surface area contributed by atoms with E-state index in [1.54, 1.807) is 0 Å². The summed E-state index contributed by atoms with van der Waals surface area (Å²) in [6.45, 7) is 0. The van der Waals surface area contributed by atoms with Crippen molar-refractivity contribution in [2.45, 2.75) is 0 Å². The van der Waals surface area contributed by atoms with Crippen LogP contribution < -0.4 is 37.7 Å². The Morgan fingerprint density at radius 3 is 1.17 bits per heavy atom. The molecule has 18 heavy (non-hydrogen) atoms. The summed E-state index contributed by atoms with van der Waals surface area (Å²) >= 11 is 0. The van der Waals surface area contributed by atoms with Crippen LogP contribution in [0.15, 0.2) is 48.5 Å². The third-order valence-electron chi connectivity index (χ3n) is 2.63. The minimum atomic E-state index is 0. The molecule has 0 radical (unpaired) electrons. The van der Waals surface area contributed by atoms with E-state index in [1.807, 2.05) is 12.2 Å². The van der Waals surface area contributed by atoms with Gasteiger partial charge in [-0.2, -0.15) is 11.1 Å². The molecule has 4 aliphatic rings. The Morgan fingerprint density at radius 2 is 0.833 bits per heavy atom. The van der Waals surface area contributed by atoms with E-state index in [1.165, 1.54) is 0 Å². The Morgan fingerprint density at radius 1 is 0.500 bits per heavy atom. The van der Waals surface area contributed by atoms with Crippen LogP contribution in [0.4, 0.5) is 0 Å². The summed E-state index contributed by atoms with van der Waals surface area (Å²) in [5.41, 5.74) is 4.52. The van der Waals surface area contributed by atoms with Crippen molar-refractivity contribution in [1.82, 2.24) is 0 Å². The van der Waals surface area contributed by atoms with E-state index in [-0.39, 0.29) is 37.7 Å². The fourth-order valence-electron chi connectivity index (χ4n) is 1.68. The maximum atomic E-state index is 3.27. The molecule has 2 aromatic carbocycles. The van der Waals surface area contributed by atoms with Gasteiger partial charge in [0, 0.05) is 0 Å². The second kappa shape index (κ2) is 6.89. The molecule has 4 aliphatic carbocycles. The molecular formula is C16H10Li2. The monoisotopic (exact) mass is 216 g/mol. The molecule has 0 nitrogen and oxygen atoms in total. The molecule has 76 valence electrons. The largest absolute Gasteiger partial charge is 1.00 e. The summed E-state index contributed by atoms with van der Waals surface area (Å²) in [6.07, 6.45) is 10.6. The van der Waals surface area contributed by atoms with Crippen LogP contribution in [-0.2, 0) is 0 Å². The molecule has 0 N–H and O–H groups in total. The zero-order chi connectivity index (χ0) is 10.8. The molecule has 0 atom stereocenters. The summed E-state index contributed by atoms with van der Waals surface area (Å²) in [5.74, 6) is 0. The van der Waals surface area contributed by atoms with Gasteiger partial charge < -0.3 is 0 Å². The van der Waals surface area contributed by atoms with Gasteiger partial charge in [0.05, 0.1) is 0 Å². The molecule has 0 heterocycles. The van der Waals surface area contributed by atoms with Crippen molar-refractivity contribution in [3.63, 3.8) is 0 Å². The predicted octanol–water partition coefficient (Wildman–Crippen LogP) is -2.26. The van der Waals surface area contributed by atoms with Crippen molar-refractivity contribution < 1.29 is 37.7 Å². The molecule has 4 bridgehead atoms. The Bertz CT molecular complexity index is 445. The topological polar surface area (TPSA) is 0 Å². The molecule has 0 fully saturated rings. The van der Waals surface area contributed by atoms with E-state index >= 15 is 0 Å². The van der Waals surface area contributed by atoms with E-state index in [0.717, 1.165) is 22.3 Å². The van der Waals surface area contributed by atoms with Gasteiger partial charge in [-0.05, 0) is 0 Å². The zero-order valence-electron chi connectivity index (χ0n) is 10.8. The van der Waals surface area contributed by atoms with Crippen LogP contribution in [0, 0.1) is 12.2 Å². The second-order valence-corrected chi connectivity index (χ2v) is 3.82. The van der Waals surface area contributed by atoms with Crippen molar-refractivity contribution in [3.8, 4) is 0 Å². The second-order valence-electron chi connectivity index (χ2n) is 3.82. The Hall–Kier alpha value is -0.885. The third kappa shape index (κ3) is 3.55. The van der Waals surface area contributed by atoms with Gasteiger partial charge in [0.15, 0.2) is 0 Å². The van der Waals surface area contributed by atoms with E-state index < -0.39 is 0 Å². The molecular weight excluding hydrogens is 206 g/mol. The molecule has 6 rings (SSSR count). The van der Waals surface area contributed by atoms with Crippen molar-refractivity contribution in [2.24, 2.45) is 0 Å². The van der Waals surface area contributed by atoms with E-state index in [0.29, 0.717) is 0 Å². The Labute approximate surface area is 132 Å². The fourth-order valence-corrected chi connectivity index (χ4v) is 1.68. The Kier molecular flexibility index (Phi) is 5.81. The first kappa shape index (κ1) is 15.2. The van der Waals surface area contributed by atoms with Gasteiger partial charge in [-0.1, -0.05) is 0 Å². The average molecular weight is 216 g/mol. The van der Waals surface area contributed by atoms with Crippen LogP contribution in [0.5, 0.6) is 0 Å². The molecule has 0 saturated heterocycles. The number of rotatable bonds is 0. The van der Waals surface area contributed by atoms with Crippen molar-refractivity contribution in [2.75, 3.05) is 0 Å². The number of hydrogen-bond acceptors (Lipinski definition) is 0. The predicted molar refractivity (Wildman–Crippen MR) is 66.5 cm³/mol. The molecule has 2 heteroatoms. The molecule has 0 saturated carbocycles. The molecule has 0 unspecified atom stereocenters. The van der Waals surface area contributed by atoms with Gasteiger partial charge in [0.1, 0.15) is 0 Å². The van der Waals surface area contributed by atoms with Crippen LogP contribution in [0.25, 0.3) is 12.2 Å².